The highest BCUT2D eigenvalue weighted by molar-refractivity contribution is 7.13. The lowest BCUT2D eigenvalue weighted by Gasteiger charge is -2.04. The number of hydrogen-bond acceptors (Lipinski definition) is 5. The summed E-state index contributed by atoms with van der Waals surface area (Å²) in [7, 11) is 0. The summed E-state index contributed by atoms with van der Waals surface area (Å²) in [5, 5.41) is 13.6. The quantitative estimate of drug-likeness (QED) is 0.900. The van der Waals surface area contributed by atoms with Gasteiger partial charge in [-0.2, -0.15) is 0 Å². The third kappa shape index (κ3) is 4.31. The molecule has 1 N–H and O–H groups in total. The molecular weight excluding hydrogens is 305 g/mol. The first kappa shape index (κ1) is 14.5. The maximum absolute atomic E-state index is 6.02. The molecule has 0 aliphatic heterocycles. The normalized spacial score (nSPS) is 11.0. The van der Waals surface area contributed by atoms with E-state index >= 15 is 0 Å². The molecule has 2 rings (SSSR count). The van der Waals surface area contributed by atoms with E-state index in [0.29, 0.717) is 33.6 Å². The van der Waals surface area contributed by atoms with Gasteiger partial charge in [0.2, 0.25) is 0 Å². The van der Waals surface area contributed by atoms with Gasteiger partial charge in [0.15, 0.2) is 0 Å². The largest absolute Gasteiger partial charge is 0.428 e. The van der Waals surface area contributed by atoms with Crippen molar-refractivity contribution in [2.45, 2.75) is 26.4 Å². The van der Waals surface area contributed by atoms with Crippen LogP contribution >= 0.6 is 34.5 Å². The van der Waals surface area contributed by atoms with Crippen molar-refractivity contribution in [1.82, 2.24) is 15.5 Å². The molecule has 0 unspecified atom stereocenters. The first-order chi connectivity index (χ1) is 9.04. The molecule has 4 nitrogen and oxygen atoms in total. The van der Waals surface area contributed by atoms with Gasteiger partial charge in [-0.05, 0) is 18.2 Å². The smallest absolute Gasteiger partial charge is 0.299 e. The second-order valence-electron chi connectivity index (χ2n) is 4.17. The van der Waals surface area contributed by atoms with Gasteiger partial charge in [-0.1, -0.05) is 53.5 Å². The van der Waals surface area contributed by atoms with E-state index in [4.69, 9.17) is 27.9 Å². The Bertz CT molecular complexity index is 560. The zero-order valence-electron chi connectivity index (χ0n) is 10.5. The molecule has 1 aromatic heterocycles. The van der Waals surface area contributed by atoms with Gasteiger partial charge >= 0.3 is 0 Å². The number of nitrogens with zero attached hydrogens (tertiary/aromatic N) is 2. The van der Waals surface area contributed by atoms with Crippen LogP contribution in [-0.2, 0) is 6.54 Å². The molecule has 2 aromatic rings. The van der Waals surface area contributed by atoms with E-state index in [2.05, 4.69) is 29.4 Å². The average Bonchev–Trinajstić information content (AvgIpc) is 2.78. The van der Waals surface area contributed by atoms with Gasteiger partial charge in [-0.3, -0.25) is 0 Å². The predicted octanol–water partition coefficient (Wildman–Crippen LogP) is 4.14. The van der Waals surface area contributed by atoms with Crippen molar-refractivity contribution in [3.63, 3.8) is 0 Å². The maximum Gasteiger partial charge on any atom is 0.299 e. The van der Waals surface area contributed by atoms with Gasteiger partial charge in [0.25, 0.3) is 5.19 Å². The molecule has 0 aliphatic carbocycles. The van der Waals surface area contributed by atoms with Crippen molar-refractivity contribution in [1.29, 1.82) is 0 Å². The fourth-order valence-electron chi connectivity index (χ4n) is 1.29. The van der Waals surface area contributed by atoms with Crippen molar-refractivity contribution in [3.05, 3.63) is 33.3 Å². The number of hydrogen-bond donors (Lipinski definition) is 1. The Hall–Kier alpha value is -0.880. The van der Waals surface area contributed by atoms with Gasteiger partial charge in [0.05, 0.1) is 11.6 Å². The molecule has 0 saturated heterocycles. The van der Waals surface area contributed by atoms with Crippen molar-refractivity contribution in [2.75, 3.05) is 0 Å². The molecule has 0 radical (unpaired) electrons. The van der Waals surface area contributed by atoms with Gasteiger partial charge in [0, 0.05) is 11.1 Å². The summed E-state index contributed by atoms with van der Waals surface area (Å²) in [5.74, 6) is 0.519. The summed E-state index contributed by atoms with van der Waals surface area (Å²) in [5.41, 5.74) is 0. The Balaban J connectivity index is 2.03. The Kier molecular flexibility index (Phi) is 4.99. The number of nitrogens with one attached hydrogen (secondary N) is 1. The van der Waals surface area contributed by atoms with E-state index in [1.54, 1.807) is 18.2 Å². The maximum atomic E-state index is 6.02. The lowest BCUT2D eigenvalue weighted by atomic mass is 10.3. The van der Waals surface area contributed by atoms with E-state index < -0.39 is 0 Å². The monoisotopic (exact) mass is 317 g/mol. The van der Waals surface area contributed by atoms with Crippen molar-refractivity contribution in [2.24, 2.45) is 0 Å². The summed E-state index contributed by atoms with van der Waals surface area (Å²) in [6, 6.07) is 5.45. The molecule has 0 spiro atoms. The van der Waals surface area contributed by atoms with Crippen LogP contribution < -0.4 is 10.1 Å². The van der Waals surface area contributed by atoms with Crippen LogP contribution in [0, 0.1) is 0 Å². The van der Waals surface area contributed by atoms with E-state index in [-0.39, 0.29) is 0 Å². The first-order valence-electron chi connectivity index (χ1n) is 5.73. The molecule has 0 saturated carbocycles. The van der Waals surface area contributed by atoms with E-state index in [1.807, 2.05) is 0 Å². The van der Waals surface area contributed by atoms with Crippen molar-refractivity contribution >= 4 is 34.5 Å². The van der Waals surface area contributed by atoms with E-state index in [0.717, 1.165) is 5.01 Å². The zero-order chi connectivity index (χ0) is 13.8. The Morgan fingerprint density at radius 3 is 2.79 bits per heavy atom. The van der Waals surface area contributed by atoms with Crippen LogP contribution in [0.5, 0.6) is 10.9 Å². The number of benzene rings is 1. The number of aromatic nitrogens is 2. The predicted molar refractivity (Wildman–Crippen MR) is 78.4 cm³/mol. The molecule has 0 atom stereocenters. The fraction of sp³-hybridized carbons (Fsp3) is 0.333. The number of halogens is 2. The topological polar surface area (TPSA) is 47.0 Å². The molecular formula is C12H13Cl2N3OS. The molecule has 7 heteroatoms. The average molecular weight is 318 g/mol. The summed E-state index contributed by atoms with van der Waals surface area (Å²) in [6.07, 6.45) is 0. The number of rotatable bonds is 5. The van der Waals surface area contributed by atoms with Crippen LogP contribution in [0.25, 0.3) is 0 Å². The van der Waals surface area contributed by atoms with Crippen LogP contribution in [0.15, 0.2) is 18.2 Å². The Morgan fingerprint density at radius 1 is 1.32 bits per heavy atom. The van der Waals surface area contributed by atoms with Crippen LogP contribution in [-0.4, -0.2) is 16.2 Å². The molecule has 1 aromatic carbocycles. The molecule has 0 amide bonds. The van der Waals surface area contributed by atoms with E-state index in [9.17, 15) is 0 Å². The second kappa shape index (κ2) is 6.52. The number of ether oxygens (including phenoxy) is 1. The fourth-order valence-corrected chi connectivity index (χ4v) is 2.39. The standard InChI is InChI=1S/C12H13Cl2N3OS/c1-7(2)15-6-11-16-17-12(19-11)18-10-4-3-8(13)5-9(10)14/h3-5,7,15H,6H2,1-2H3. The summed E-state index contributed by atoms with van der Waals surface area (Å²) in [4.78, 5) is 0. The summed E-state index contributed by atoms with van der Waals surface area (Å²) in [6.45, 7) is 4.82. The minimum atomic E-state index is 0.402. The highest BCUT2D eigenvalue weighted by Crippen LogP contribution is 2.32. The van der Waals surface area contributed by atoms with Crippen LogP contribution in [0.3, 0.4) is 0 Å². The molecule has 19 heavy (non-hydrogen) atoms. The van der Waals surface area contributed by atoms with Crippen LogP contribution in [0.4, 0.5) is 0 Å². The molecule has 0 aliphatic rings. The zero-order valence-corrected chi connectivity index (χ0v) is 12.8. The van der Waals surface area contributed by atoms with Gasteiger partial charge in [0.1, 0.15) is 10.8 Å². The third-order valence-electron chi connectivity index (χ3n) is 2.20. The molecule has 1 heterocycles. The summed E-state index contributed by atoms with van der Waals surface area (Å²) >= 11 is 13.2. The second-order valence-corrected chi connectivity index (χ2v) is 6.04. The first-order valence-corrected chi connectivity index (χ1v) is 7.30. The minimum absolute atomic E-state index is 0.402. The Labute approximate surface area is 125 Å². The highest BCUT2D eigenvalue weighted by atomic mass is 35.5. The highest BCUT2D eigenvalue weighted by Gasteiger charge is 2.09. The Morgan fingerprint density at radius 2 is 2.11 bits per heavy atom. The molecule has 0 bridgehead atoms. The molecule has 0 fully saturated rings. The van der Waals surface area contributed by atoms with Gasteiger partial charge in [-0.15, -0.1) is 5.10 Å². The van der Waals surface area contributed by atoms with E-state index in [1.165, 1.54) is 11.3 Å². The van der Waals surface area contributed by atoms with Crippen molar-refractivity contribution < 1.29 is 4.74 Å². The van der Waals surface area contributed by atoms with Gasteiger partial charge < -0.3 is 10.1 Å². The lowest BCUT2D eigenvalue weighted by molar-refractivity contribution is 0.473. The molecule has 102 valence electrons. The van der Waals surface area contributed by atoms with Crippen LogP contribution in [0.1, 0.15) is 18.9 Å². The third-order valence-corrected chi connectivity index (χ3v) is 3.53. The van der Waals surface area contributed by atoms with Crippen molar-refractivity contribution in [3.8, 4) is 10.9 Å². The lowest BCUT2D eigenvalue weighted by Crippen LogP contribution is -2.21. The SMILES string of the molecule is CC(C)NCc1nnc(Oc2ccc(Cl)cc2Cl)s1. The summed E-state index contributed by atoms with van der Waals surface area (Å²) < 4.78 is 5.58. The van der Waals surface area contributed by atoms with Crippen LogP contribution in [0.2, 0.25) is 10.0 Å². The van der Waals surface area contributed by atoms with Gasteiger partial charge in [-0.25, -0.2) is 0 Å². The minimum Gasteiger partial charge on any atom is -0.428 e.